The summed E-state index contributed by atoms with van der Waals surface area (Å²) in [5, 5.41) is 2.89. The molecule has 4 heteroatoms. The van der Waals surface area contributed by atoms with Crippen molar-refractivity contribution >= 4 is 17.5 Å². The van der Waals surface area contributed by atoms with Crippen LogP contribution in [-0.4, -0.2) is 24.4 Å². The Balaban J connectivity index is 3.20. The van der Waals surface area contributed by atoms with E-state index in [1.54, 1.807) is 11.8 Å². The highest BCUT2D eigenvalue weighted by molar-refractivity contribution is 5.94. The van der Waals surface area contributed by atoms with Crippen LogP contribution >= 0.6 is 0 Å². The van der Waals surface area contributed by atoms with Crippen LogP contribution in [0.5, 0.6) is 0 Å². The normalized spacial score (nSPS) is 11.2. The molecule has 0 atom stereocenters. The molecule has 0 spiro atoms. The van der Waals surface area contributed by atoms with Crippen molar-refractivity contribution in [2.45, 2.75) is 72.8 Å². The summed E-state index contributed by atoms with van der Waals surface area (Å²) < 4.78 is 0. The maximum Gasteiger partial charge on any atom is 0.223 e. The maximum atomic E-state index is 12.3. The molecule has 24 heavy (non-hydrogen) atoms. The van der Waals surface area contributed by atoms with Gasteiger partial charge in [-0.2, -0.15) is 0 Å². The number of para-hydroxylation sites is 1. The second-order valence-electron chi connectivity index (χ2n) is 7.24. The van der Waals surface area contributed by atoms with Crippen molar-refractivity contribution in [3.63, 3.8) is 0 Å². The molecule has 4 nitrogen and oxygen atoms in total. The van der Waals surface area contributed by atoms with E-state index in [0.717, 1.165) is 16.8 Å². The van der Waals surface area contributed by atoms with Gasteiger partial charge in [0.1, 0.15) is 0 Å². The minimum Gasteiger partial charge on any atom is -0.354 e. The molecule has 0 bridgehead atoms. The molecule has 0 saturated carbocycles. The van der Waals surface area contributed by atoms with Crippen LogP contribution in [0.4, 0.5) is 5.69 Å². The minimum atomic E-state index is -0.0256. The lowest BCUT2D eigenvalue weighted by Crippen LogP contribution is -2.37. The van der Waals surface area contributed by atoms with Crippen molar-refractivity contribution in [1.29, 1.82) is 0 Å². The molecule has 0 unspecified atom stereocenters. The molecule has 0 fully saturated rings. The predicted molar refractivity (Wildman–Crippen MR) is 101 cm³/mol. The summed E-state index contributed by atoms with van der Waals surface area (Å²) in [5.41, 5.74) is 3.29. The Labute approximate surface area is 146 Å². The SMILES string of the molecule is CC(=O)N(CCC(=O)NC(C)C)c1c(C(C)C)cccc1C(C)C. The van der Waals surface area contributed by atoms with E-state index in [9.17, 15) is 9.59 Å². The Morgan fingerprint density at radius 1 is 1.00 bits per heavy atom. The molecule has 0 aliphatic rings. The van der Waals surface area contributed by atoms with Crippen molar-refractivity contribution in [1.82, 2.24) is 5.32 Å². The van der Waals surface area contributed by atoms with Crippen molar-refractivity contribution < 1.29 is 9.59 Å². The van der Waals surface area contributed by atoms with Gasteiger partial charge in [-0.05, 0) is 36.8 Å². The fraction of sp³-hybridized carbons (Fsp3) is 0.600. The summed E-state index contributed by atoms with van der Waals surface area (Å²) in [6.45, 7) is 14.4. The first-order chi connectivity index (χ1) is 11.1. The molecule has 0 radical (unpaired) electrons. The van der Waals surface area contributed by atoms with Gasteiger partial charge in [-0.1, -0.05) is 45.9 Å². The molecule has 0 aliphatic heterocycles. The fourth-order valence-corrected chi connectivity index (χ4v) is 2.86. The highest BCUT2D eigenvalue weighted by atomic mass is 16.2. The topological polar surface area (TPSA) is 49.4 Å². The van der Waals surface area contributed by atoms with E-state index in [0.29, 0.717) is 24.8 Å². The number of amides is 2. The van der Waals surface area contributed by atoms with Crippen LogP contribution < -0.4 is 10.2 Å². The summed E-state index contributed by atoms with van der Waals surface area (Å²) in [5.74, 6) is 0.571. The number of nitrogens with one attached hydrogen (secondary N) is 1. The summed E-state index contributed by atoms with van der Waals surface area (Å²) in [7, 11) is 0. The molecule has 1 rings (SSSR count). The third-order valence-electron chi connectivity index (χ3n) is 4.00. The van der Waals surface area contributed by atoms with E-state index in [2.05, 4.69) is 51.2 Å². The van der Waals surface area contributed by atoms with Crippen molar-refractivity contribution in [2.24, 2.45) is 0 Å². The largest absolute Gasteiger partial charge is 0.354 e. The third-order valence-corrected chi connectivity index (χ3v) is 4.00. The fourth-order valence-electron chi connectivity index (χ4n) is 2.86. The molecule has 0 aromatic heterocycles. The van der Waals surface area contributed by atoms with Gasteiger partial charge in [-0.25, -0.2) is 0 Å². The minimum absolute atomic E-state index is 0.0237. The molecule has 0 heterocycles. The summed E-state index contributed by atoms with van der Waals surface area (Å²) in [4.78, 5) is 26.1. The number of carbonyl (C=O) groups excluding carboxylic acids is 2. The Bertz CT molecular complexity index is 551. The molecule has 1 N–H and O–H groups in total. The van der Waals surface area contributed by atoms with Crippen LogP contribution in [-0.2, 0) is 9.59 Å². The summed E-state index contributed by atoms with van der Waals surface area (Å²) >= 11 is 0. The van der Waals surface area contributed by atoms with Gasteiger partial charge < -0.3 is 10.2 Å². The number of hydrogen-bond donors (Lipinski definition) is 1. The van der Waals surface area contributed by atoms with E-state index in [1.807, 2.05) is 13.8 Å². The van der Waals surface area contributed by atoms with Gasteiger partial charge in [0.2, 0.25) is 11.8 Å². The Morgan fingerprint density at radius 3 is 1.88 bits per heavy atom. The van der Waals surface area contributed by atoms with E-state index in [1.165, 1.54) is 0 Å². The zero-order chi connectivity index (χ0) is 18.4. The molecular formula is C20H32N2O2. The highest BCUT2D eigenvalue weighted by Gasteiger charge is 2.22. The van der Waals surface area contributed by atoms with Gasteiger partial charge in [0, 0.05) is 25.9 Å². The predicted octanol–water partition coefficient (Wildman–Crippen LogP) is 4.20. The lowest BCUT2D eigenvalue weighted by Gasteiger charge is -2.29. The number of rotatable bonds is 7. The number of hydrogen-bond acceptors (Lipinski definition) is 2. The van der Waals surface area contributed by atoms with Crippen LogP contribution in [0, 0.1) is 0 Å². The zero-order valence-electron chi connectivity index (χ0n) is 16.1. The van der Waals surface area contributed by atoms with Crippen LogP contribution in [0.25, 0.3) is 0 Å². The maximum absolute atomic E-state index is 12.3. The number of carbonyl (C=O) groups is 2. The van der Waals surface area contributed by atoms with Gasteiger partial charge >= 0.3 is 0 Å². The van der Waals surface area contributed by atoms with Crippen LogP contribution in [0.15, 0.2) is 18.2 Å². The van der Waals surface area contributed by atoms with Gasteiger partial charge in [-0.3, -0.25) is 9.59 Å². The Hall–Kier alpha value is -1.84. The number of anilines is 1. The lowest BCUT2D eigenvalue weighted by molar-refractivity contribution is -0.121. The number of nitrogens with zero attached hydrogens (tertiary/aromatic N) is 1. The summed E-state index contributed by atoms with van der Waals surface area (Å²) in [6, 6.07) is 6.32. The lowest BCUT2D eigenvalue weighted by atomic mass is 9.91. The first kappa shape index (κ1) is 20.2. The first-order valence-electron chi connectivity index (χ1n) is 8.85. The molecule has 0 aliphatic carbocycles. The van der Waals surface area contributed by atoms with E-state index >= 15 is 0 Å². The summed E-state index contributed by atoms with van der Waals surface area (Å²) in [6.07, 6.45) is 0.307. The van der Waals surface area contributed by atoms with Crippen LogP contribution in [0.3, 0.4) is 0 Å². The Morgan fingerprint density at radius 2 is 1.50 bits per heavy atom. The second-order valence-corrected chi connectivity index (χ2v) is 7.24. The van der Waals surface area contributed by atoms with Crippen LogP contribution in [0.1, 0.15) is 77.8 Å². The molecule has 1 aromatic rings. The van der Waals surface area contributed by atoms with Crippen LogP contribution in [0.2, 0.25) is 0 Å². The molecule has 134 valence electrons. The average molecular weight is 332 g/mol. The second kappa shape index (κ2) is 8.86. The monoisotopic (exact) mass is 332 g/mol. The standard InChI is InChI=1S/C20H32N2O2/c1-13(2)17-9-8-10-18(14(3)4)20(17)22(16(7)23)12-11-19(24)21-15(5)6/h8-10,13-15H,11-12H2,1-7H3,(H,21,24). The molecule has 2 amide bonds. The quantitative estimate of drug-likeness (QED) is 0.813. The van der Waals surface area contributed by atoms with Crippen molar-refractivity contribution in [2.75, 3.05) is 11.4 Å². The third kappa shape index (κ3) is 5.36. The van der Waals surface area contributed by atoms with E-state index in [4.69, 9.17) is 0 Å². The van der Waals surface area contributed by atoms with Crippen molar-refractivity contribution in [3.8, 4) is 0 Å². The number of benzene rings is 1. The smallest absolute Gasteiger partial charge is 0.223 e. The molecular weight excluding hydrogens is 300 g/mol. The molecule has 1 aromatic carbocycles. The zero-order valence-corrected chi connectivity index (χ0v) is 16.1. The van der Waals surface area contributed by atoms with E-state index in [-0.39, 0.29) is 17.9 Å². The average Bonchev–Trinajstić information content (AvgIpc) is 2.45. The van der Waals surface area contributed by atoms with E-state index < -0.39 is 0 Å². The Kier molecular flexibility index (Phi) is 7.46. The molecule has 0 saturated heterocycles. The van der Waals surface area contributed by atoms with Crippen molar-refractivity contribution in [3.05, 3.63) is 29.3 Å². The highest BCUT2D eigenvalue weighted by Crippen LogP contribution is 2.35. The van der Waals surface area contributed by atoms with Gasteiger partial charge in [0.15, 0.2) is 0 Å². The first-order valence-corrected chi connectivity index (χ1v) is 8.85. The van der Waals surface area contributed by atoms with Gasteiger partial charge in [-0.15, -0.1) is 0 Å². The van der Waals surface area contributed by atoms with Gasteiger partial charge in [0.25, 0.3) is 0 Å². The van der Waals surface area contributed by atoms with Gasteiger partial charge in [0.05, 0.1) is 5.69 Å².